The quantitative estimate of drug-likeness (QED) is 0.607. The predicted molar refractivity (Wildman–Crippen MR) is 54.1 cm³/mol. The van der Waals surface area contributed by atoms with Crippen molar-refractivity contribution in [3.8, 4) is 0 Å². The Bertz CT molecular complexity index is 483. The first-order valence-corrected chi connectivity index (χ1v) is 4.37. The van der Waals surface area contributed by atoms with E-state index in [-0.39, 0.29) is 22.7 Å². The van der Waals surface area contributed by atoms with Gasteiger partial charge in [0.15, 0.2) is 11.2 Å². The maximum absolute atomic E-state index is 11.1. The smallest absolute Gasteiger partial charge is 0.280 e. The van der Waals surface area contributed by atoms with Crippen LogP contribution in [0.2, 0.25) is 0 Å². The van der Waals surface area contributed by atoms with Crippen LogP contribution in [0.5, 0.6) is 0 Å². The number of nitrogens with one attached hydrogen (secondary N) is 1. The molecule has 2 rings (SSSR count). The average molecular weight is 214 g/mol. The van der Waals surface area contributed by atoms with E-state index in [4.69, 9.17) is 5.73 Å². The van der Waals surface area contributed by atoms with E-state index in [9.17, 15) is 4.79 Å². The van der Waals surface area contributed by atoms with Crippen LogP contribution >= 0.6 is 11.6 Å². The number of H-pyrrole nitrogens is 1. The Hall–Kier alpha value is -1.69. The Morgan fingerprint density at radius 1 is 1.36 bits per heavy atom. The zero-order valence-corrected chi connectivity index (χ0v) is 8.12. The fourth-order valence-electron chi connectivity index (χ4n) is 0.890. The van der Waals surface area contributed by atoms with E-state index in [0.29, 0.717) is 0 Å². The third-order valence-electron chi connectivity index (χ3n) is 1.36. The van der Waals surface area contributed by atoms with Crippen LogP contribution in [0, 0.1) is 0 Å². The average Bonchev–Trinajstić information content (AvgIpc) is 2.20. The van der Waals surface area contributed by atoms with Gasteiger partial charge in [-0.1, -0.05) is 0 Å². The number of aromatic nitrogens is 4. The Labute approximate surface area is 84.2 Å². The van der Waals surface area contributed by atoms with Crippen molar-refractivity contribution in [1.29, 1.82) is 0 Å². The molecule has 0 saturated carbocycles. The van der Waals surface area contributed by atoms with E-state index in [0.717, 1.165) is 0 Å². The fraction of sp³-hybridized carbons (Fsp3) is 0.143. The highest BCUT2D eigenvalue weighted by Gasteiger charge is 2.01. The number of anilines is 1. The van der Waals surface area contributed by atoms with Crippen LogP contribution in [-0.2, 0) is 0 Å². The lowest BCUT2D eigenvalue weighted by Crippen LogP contribution is -2.12. The minimum atomic E-state index is -0.370. The van der Waals surface area contributed by atoms with Gasteiger partial charge in [-0.2, -0.15) is 4.98 Å². The van der Waals surface area contributed by atoms with E-state index < -0.39 is 0 Å². The van der Waals surface area contributed by atoms with Crippen molar-refractivity contribution in [2.24, 2.45) is 0 Å². The second kappa shape index (κ2) is 4.52. The molecule has 7 heteroatoms. The normalized spacial score (nSPS) is 9.29. The summed E-state index contributed by atoms with van der Waals surface area (Å²) in [6.07, 6.45) is 4.35. The third kappa shape index (κ3) is 1.97. The van der Waals surface area contributed by atoms with Crippen LogP contribution in [0.3, 0.4) is 0 Å². The topological polar surface area (TPSA) is 97.5 Å². The zero-order valence-electron chi connectivity index (χ0n) is 7.36. The van der Waals surface area contributed by atoms with Gasteiger partial charge in [0.1, 0.15) is 0 Å². The van der Waals surface area contributed by atoms with Gasteiger partial charge in [-0.05, 0) is 0 Å². The van der Waals surface area contributed by atoms with Crippen molar-refractivity contribution in [3.05, 3.63) is 22.7 Å². The molecule has 0 aliphatic heterocycles. The van der Waals surface area contributed by atoms with Crippen LogP contribution in [0.25, 0.3) is 11.2 Å². The monoisotopic (exact) mass is 213 g/mol. The van der Waals surface area contributed by atoms with Crippen LogP contribution in [0.1, 0.15) is 0 Å². The van der Waals surface area contributed by atoms with E-state index in [1.807, 2.05) is 0 Å². The summed E-state index contributed by atoms with van der Waals surface area (Å²) in [5.74, 6) is 0.0491. The molecule has 0 radical (unpaired) electrons. The number of aromatic amines is 1. The summed E-state index contributed by atoms with van der Waals surface area (Å²) < 4.78 is 0. The van der Waals surface area contributed by atoms with Crippen LogP contribution < -0.4 is 11.3 Å². The number of nitrogens with zero attached hydrogens (tertiary/aromatic N) is 3. The maximum atomic E-state index is 11.1. The summed E-state index contributed by atoms with van der Waals surface area (Å²) in [6, 6.07) is 0. The molecule has 0 amide bonds. The van der Waals surface area contributed by atoms with Gasteiger partial charge < -0.3 is 5.73 Å². The first kappa shape index (κ1) is 10.4. The fourth-order valence-corrected chi connectivity index (χ4v) is 0.890. The molecule has 0 aliphatic carbocycles. The van der Waals surface area contributed by atoms with Gasteiger partial charge >= 0.3 is 0 Å². The number of rotatable bonds is 0. The molecule has 0 fully saturated rings. The van der Waals surface area contributed by atoms with Crippen molar-refractivity contribution in [1.82, 2.24) is 19.9 Å². The largest absolute Gasteiger partial charge is 0.369 e. The summed E-state index contributed by atoms with van der Waals surface area (Å²) in [5.41, 5.74) is 5.38. The number of fused-ring (bicyclic) bond motifs is 1. The van der Waals surface area contributed by atoms with Crippen molar-refractivity contribution in [3.63, 3.8) is 0 Å². The number of alkyl halides is 1. The van der Waals surface area contributed by atoms with Gasteiger partial charge in [0, 0.05) is 18.8 Å². The van der Waals surface area contributed by atoms with Gasteiger partial charge in [0.2, 0.25) is 5.95 Å². The Morgan fingerprint density at radius 3 is 2.71 bits per heavy atom. The molecule has 2 aromatic rings. The van der Waals surface area contributed by atoms with Crippen molar-refractivity contribution < 1.29 is 0 Å². The minimum absolute atomic E-state index is 0.0491. The Morgan fingerprint density at radius 2 is 2.00 bits per heavy atom. The second-order valence-corrected chi connectivity index (χ2v) is 2.18. The highest BCUT2D eigenvalue weighted by Crippen LogP contribution is 1.97. The summed E-state index contributed by atoms with van der Waals surface area (Å²) in [4.78, 5) is 24.9. The number of nitrogens with two attached hydrogens (primary N) is 1. The van der Waals surface area contributed by atoms with E-state index in [1.54, 1.807) is 0 Å². The molecule has 0 aliphatic rings. The lowest BCUT2D eigenvalue weighted by molar-refractivity contribution is 1.12. The molecular formula is C7H8ClN5O. The summed E-state index contributed by atoms with van der Waals surface area (Å²) in [5, 5.41) is 0. The van der Waals surface area contributed by atoms with E-state index in [2.05, 4.69) is 31.5 Å². The Kier molecular flexibility index (Phi) is 3.35. The molecule has 0 unspecified atom stereocenters. The number of nitrogen functional groups attached to an aromatic ring is 1. The summed E-state index contributed by atoms with van der Waals surface area (Å²) in [6.45, 7) is 0. The van der Waals surface area contributed by atoms with Crippen molar-refractivity contribution in [2.45, 2.75) is 0 Å². The summed E-state index contributed by atoms with van der Waals surface area (Å²) >= 11 is 4.64. The van der Waals surface area contributed by atoms with Gasteiger partial charge in [-0.15, -0.1) is 11.6 Å². The van der Waals surface area contributed by atoms with Crippen LogP contribution in [0.15, 0.2) is 17.2 Å². The molecule has 2 heterocycles. The molecule has 0 atom stereocenters. The molecule has 14 heavy (non-hydrogen) atoms. The lowest BCUT2D eigenvalue weighted by atomic mass is 10.5. The minimum Gasteiger partial charge on any atom is -0.369 e. The molecule has 0 saturated heterocycles. The molecule has 0 aromatic carbocycles. The highest BCUT2D eigenvalue weighted by molar-refractivity contribution is 6.15. The number of halogens is 1. The van der Waals surface area contributed by atoms with Gasteiger partial charge in [-0.3, -0.25) is 9.78 Å². The van der Waals surface area contributed by atoms with Gasteiger partial charge in [0.05, 0.1) is 0 Å². The molecule has 0 spiro atoms. The molecule has 0 bridgehead atoms. The van der Waals surface area contributed by atoms with Gasteiger partial charge in [-0.25, -0.2) is 9.97 Å². The summed E-state index contributed by atoms with van der Waals surface area (Å²) in [7, 11) is 0. The SMILES string of the molecule is CCl.Nc1nc2nccnc2c(=O)[nH]1. The van der Waals surface area contributed by atoms with Gasteiger partial charge in [0.25, 0.3) is 5.56 Å². The van der Waals surface area contributed by atoms with Crippen LogP contribution in [0.4, 0.5) is 5.95 Å². The van der Waals surface area contributed by atoms with Crippen LogP contribution in [-0.4, -0.2) is 26.3 Å². The van der Waals surface area contributed by atoms with Crippen molar-refractivity contribution in [2.75, 3.05) is 12.1 Å². The number of hydrogen-bond donors (Lipinski definition) is 2. The zero-order chi connectivity index (χ0) is 10.6. The molecular weight excluding hydrogens is 206 g/mol. The Balaban J connectivity index is 0.000000461. The van der Waals surface area contributed by atoms with Crippen molar-refractivity contribution >= 4 is 28.7 Å². The first-order chi connectivity index (χ1) is 6.77. The molecule has 2 aromatic heterocycles. The maximum Gasteiger partial charge on any atom is 0.280 e. The predicted octanol–water partition coefficient (Wildman–Crippen LogP) is 0.150. The lowest BCUT2D eigenvalue weighted by Gasteiger charge is -1.94. The van der Waals surface area contributed by atoms with E-state index >= 15 is 0 Å². The molecule has 74 valence electrons. The standard InChI is InChI=1S/C6H5N5O.CH3Cl/c7-6-10-4-3(5(12)11-6)8-1-2-9-4;1-2/h1-2H,(H3,7,9,10,11,12);1H3. The second-order valence-electron chi connectivity index (χ2n) is 2.18. The molecule has 3 N–H and O–H groups in total. The van der Waals surface area contributed by atoms with E-state index in [1.165, 1.54) is 18.8 Å². The first-order valence-electron chi connectivity index (χ1n) is 3.61. The highest BCUT2D eigenvalue weighted by atomic mass is 35.5. The molecule has 6 nitrogen and oxygen atoms in total. The third-order valence-corrected chi connectivity index (χ3v) is 1.36. The number of hydrogen-bond acceptors (Lipinski definition) is 5.